The number of ether oxygens (including phenoxy) is 1. The van der Waals surface area contributed by atoms with Crippen molar-refractivity contribution in [1.82, 2.24) is 0 Å². The van der Waals surface area contributed by atoms with E-state index in [2.05, 4.69) is 12.1 Å². The fraction of sp³-hybridized carbons (Fsp3) is 0.294. The molecule has 1 aromatic carbocycles. The zero-order valence-electron chi connectivity index (χ0n) is 12.9. The molecule has 0 spiro atoms. The van der Waals surface area contributed by atoms with E-state index in [-0.39, 0.29) is 11.8 Å². The van der Waals surface area contributed by atoms with Crippen molar-refractivity contribution in [2.24, 2.45) is 0 Å². The molecule has 23 heavy (non-hydrogen) atoms. The van der Waals surface area contributed by atoms with Crippen molar-refractivity contribution in [3.05, 3.63) is 46.8 Å². The lowest BCUT2D eigenvalue weighted by Crippen LogP contribution is -2.36. The monoisotopic (exact) mass is 346 g/mol. The zero-order chi connectivity index (χ0) is 16.2. The van der Waals surface area contributed by atoms with Gasteiger partial charge in [-0.05, 0) is 25.0 Å². The Morgan fingerprint density at radius 3 is 2.87 bits per heavy atom. The Labute approximate surface area is 144 Å². The van der Waals surface area contributed by atoms with Gasteiger partial charge < -0.3 is 9.64 Å². The van der Waals surface area contributed by atoms with Crippen LogP contribution in [0.2, 0.25) is 0 Å². The molecule has 1 N–H and O–H groups in total. The van der Waals surface area contributed by atoms with Crippen LogP contribution in [0, 0.1) is 5.41 Å². The second-order valence-electron chi connectivity index (χ2n) is 5.12. The molecule has 0 atom stereocenters. The maximum atomic E-state index is 12.3. The third-order valence-electron chi connectivity index (χ3n) is 3.58. The highest BCUT2D eigenvalue weighted by atomic mass is 32.2. The van der Waals surface area contributed by atoms with Gasteiger partial charge in [0.05, 0.1) is 27.1 Å². The Balaban J connectivity index is 1.79. The van der Waals surface area contributed by atoms with Crippen LogP contribution < -0.4 is 4.90 Å². The summed E-state index contributed by atoms with van der Waals surface area (Å²) in [5.41, 5.74) is 2.14. The summed E-state index contributed by atoms with van der Waals surface area (Å²) in [5.74, 6) is 0.776. The molecule has 3 rings (SSSR count). The van der Waals surface area contributed by atoms with Gasteiger partial charge in [0.2, 0.25) is 11.8 Å². The molecular weight excluding hydrogens is 328 g/mol. The maximum absolute atomic E-state index is 12.3. The molecule has 0 fully saturated rings. The summed E-state index contributed by atoms with van der Waals surface area (Å²) in [6, 6.07) is 12.1. The van der Waals surface area contributed by atoms with Crippen LogP contribution in [-0.4, -0.2) is 30.7 Å². The Hall–Kier alpha value is -1.79. The molecule has 6 heteroatoms. The average molecular weight is 346 g/mol. The topological polar surface area (TPSA) is 53.4 Å². The normalized spacial score (nSPS) is 13.8. The van der Waals surface area contributed by atoms with E-state index in [4.69, 9.17) is 10.1 Å². The van der Waals surface area contributed by atoms with Crippen molar-refractivity contribution >= 4 is 40.6 Å². The minimum absolute atomic E-state index is 0.130. The van der Waals surface area contributed by atoms with E-state index >= 15 is 0 Å². The van der Waals surface area contributed by atoms with Gasteiger partial charge >= 0.3 is 0 Å². The molecule has 0 unspecified atom stereocenters. The number of carbonyl (C=O) groups is 1. The Kier molecular flexibility index (Phi) is 5.03. The van der Waals surface area contributed by atoms with Crippen molar-refractivity contribution < 1.29 is 9.53 Å². The van der Waals surface area contributed by atoms with E-state index in [0.29, 0.717) is 18.9 Å². The van der Waals surface area contributed by atoms with E-state index in [1.807, 2.05) is 36.1 Å². The van der Waals surface area contributed by atoms with Gasteiger partial charge in [-0.15, -0.1) is 23.1 Å². The number of amides is 1. The second-order valence-corrected chi connectivity index (χ2v) is 7.41. The van der Waals surface area contributed by atoms with Crippen LogP contribution in [0.5, 0.6) is 0 Å². The van der Waals surface area contributed by atoms with Gasteiger partial charge in [0, 0.05) is 6.54 Å². The minimum atomic E-state index is 0.130. The van der Waals surface area contributed by atoms with Crippen LogP contribution in [-0.2, 0) is 16.0 Å². The third kappa shape index (κ3) is 3.59. The molecule has 1 aliphatic rings. The van der Waals surface area contributed by atoms with Crippen LogP contribution in [0.1, 0.15) is 17.4 Å². The molecule has 2 heterocycles. The van der Waals surface area contributed by atoms with E-state index in [1.54, 1.807) is 11.8 Å². The lowest BCUT2D eigenvalue weighted by molar-refractivity contribution is -0.116. The number of hydrogen-bond acceptors (Lipinski definition) is 5. The van der Waals surface area contributed by atoms with E-state index < -0.39 is 0 Å². The Morgan fingerprint density at radius 2 is 2.13 bits per heavy atom. The van der Waals surface area contributed by atoms with E-state index in [9.17, 15) is 4.79 Å². The van der Waals surface area contributed by atoms with Crippen molar-refractivity contribution in [3.63, 3.8) is 0 Å². The average Bonchev–Trinajstić information content (AvgIpc) is 2.99. The predicted octanol–water partition coefficient (Wildman–Crippen LogP) is 3.79. The Bertz CT molecular complexity index is 713. The number of rotatable bonds is 5. The summed E-state index contributed by atoms with van der Waals surface area (Å²) in [7, 11) is 0. The number of hydrogen-bond donors (Lipinski definition) is 1. The summed E-state index contributed by atoms with van der Waals surface area (Å²) in [5, 5.41) is 7.94. The lowest BCUT2D eigenvalue weighted by Gasteiger charge is -2.26. The highest BCUT2D eigenvalue weighted by molar-refractivity contribution is 8.02. The molecule has 0 saturated heterocycles. The van der Waals surface area contributed by atoms with E-state index in [1.165, 1.54) is 16.9 Å². The van der Waals surface area contributed by atoms with Gasteiger partial charge in [-0.1, -0.05) is 30.3 Å². The van der Waals surface area contributed by atoms with Gasteiger partial charge in [-0.3, -0.25) is 10.2 Å². The number of thioether (sulfide) groups is 1. The summed E-state index contributed by atoms with van der Waals surface area (Å²) in [4.78, 5) is 14.9. The van der Waals surface area contributed by atoms with Gasteiger partial charge in [-0.2, -0.15) is 0 Å². The SMILES string of the molecule is CCOC(=N)c1cc2c(s1)SCC(=O)N2CCc1ccccc1. The number of nitrogens with zero attached hydrogens (tertiary/aromatic N) is 1. The van der Waals surface area contributed by atoms with Crippen molar-refractivity contribution in [1.29, 1.82) is 5.41 Å². The van der Waals surface area contributed by atoms with Gasteiger partial charge in [-0.25, -0.2) is 0 Å². The summed E-state index contributed by atoms with van der Waals surface area (Å²) in [6.07, 6.45) is 0.824. The molecule has 4 nitrogen and oxygen atoms in total. The molecule has 0 bridgehead atoms. The molecule has 0 radical (unpaired) electrons. The van der Waals surface area contributed by atoms with Gasteiger partial charge in [0.25, 0.3) is 0 Å². The Morgan fingerprint density at radius 1 is 1.35 bits per heavy atom. The number of anilines is 1. The zero-order valence-corrected chi connectivity index (χ0v) is 14.5. The third-order valence-corrected chi connectivity index (χ3v) is 5.96. The fourth-order valence-electron chi connectivity index (χ4n) is 2.45. The minimum Gasteiger partial charge on any atom is -0.477 e. The standard InChI is InChI=1S/C17H18N2O2S2/c1-2-21-16(18)14-10-13-17(23-14)22-11-15(20)19(13)9-8-12-6-4-3-5-7-12/h3-7,10,18H,2,8-9,11H2,1H3. The molecule has 0 saturated carbocycles. The molecule has 1 aliphatic heterocycles. The first-order chi connectivity index (χ1) is 11.2. The first-order valence-electron chi connectivity index (χ1n) is 7.51. The van der Waals surface area contributed by atoms with Crippen LogP contribution in [0.4, 0.5) is 5.69 Å². The van der Waals surface area contributed by atoms with Gasteiger partial charge in [0.1, 0.15) is 0 Å². The molecule has 120 valence electrons. The van der Waals surface area contributed by atoms with Crippen molar-refractivity contribution in [2.45, 2.75) is 17.6 Å². The second kappa shape index (κ2) is 7.19. The number of thiophene rings is 1. The lowest BCUT2D eigenvalue weighted by atomic mass is 10.1. The molecule has 2 aromatic rings. The first kappa shape index (κ1) is 16.1. The molecule has 0 aliphatic carbocycles. The predicted molar refractivity (Wildman–Crippen MR) is 96.0 cm³/mol. The van der Waals surface area contributed by atoms with Crippen LogP contribution in [0.3, 0.4) is 0 Å². The fourth-order valence-corrected chi connectivity index (χ4v) is 4.66. The summed E-state index contributed by atoms with van der Waals surface area (Å²) in [6.45, 7) is 3.01. The van der Waals surface area contributed by atoms with E-state index in [0.717, 1.165) is 21.2 Å². The van der Waals surface area contributed by atoms with Crippen molar-refractivity contribution in [2.75, 3.05) is 23.8 Å². The number of fused-ring (bicyclic) bond motifs is 1. The maximum Gasteiger partial charge on any atom is 0.237 e. The van der Waals surface area contributed by atoms with Crippen LogP contribution >= 0.6 is 23.1 Å². The molecule has 1 amide bonds. The largest absolute Gasteiger partial charge is 0.477 e. The number of carbonyl (C=O) groups excluding carboxylic acids is 1. The quantitative estimate of drug-likeness (QED) is 0.662. The van der Waals surface area contributed by atoms with Crippen LogP contribution in [0.15, 0.2) is 40.6 Å². The number of benzene rings is 1. The molecular formula is C17H18N2O2S2. The van der Waals surface area contributed by atoms with Gasteiger partial charge in [0.15, 0.2) is 0 Å². The smallest absolute Gasteiger partial charge is 0.237 e. The van der Waals surface area contributed by atoms with Crippen LogP contribution in [0.25, 0.3) is 0 Å². The highest BCUT2D eigenvalue weighted by Crippen LogP contribution is 2.42. The summed E-state index contributed by atoms with van der Waals surface area (Å²) < 4.78 is 6.37. The molecule has 1 aromatic heterocycles. The summed E-state index contributed by atoms with van der Waals surface area (Å²) >= 11 is 3.08. The first-order valence-corrected chi connectivity index (χ1v) is 9.32. The number of nitrogens with one attached hydrogen (secondary N) is 1. The highest BCUT2D eigenvalue weighted by Gasteiger charge is 2.28. The van der Waals surface area contributed by atoms with Crippen molar-refractivity contribution in [3.8, 4) is 0 Å².